The Bertz CT molecular complexity index is 5310. The number of phenolic OH excluding ortho intramolecular Hbond substituents is 1. The van der Waals surface area contributed by atoms with Gasteiger partial charge in [0.15, 0.2) is 5.72 Å². The number of allylic oxidation sites excluding steroid dienone is 3. The topological polar surface area (TPSA) is 570 Å². The number of fused-ring (bicyclic) bond motifs is 6. The number of epoxide rings is 1. The molecule has 5 aliphatic rings. The Balaban J connectivity index is 0.782. The SMILES string of the molecule is CCNC(=O)N[C@H](Cc1ccccc1)C(=O)N[C@H]1CSSC[C@@H](C(=O)N[C@H](C(=O)NCCCCCN2C(=O)CC(SCCC(=O)N(C)[C@@H](C)C(=O)O[C@H]3CC(=O)N(C)c4cc(cc(OC)c4Cl)C/C(C)=C/C=C/[C@@H](OC)[C@@]4(O)C[C@H](OC(=O)N4)[C@@H](C)[C@@H]4O[C@@]34C)C2=O)[C@@H](C)O)NC(=O)C([C@@H](C)O)NC(=O)[C@H](CCCCN)NC(=O)[C@@H](Cc2c[nH]c3ccccc23)NC(=O)[C@H](Cc2ccc(O)cc2)NC1=O. The Labute approximate surface area is 829 Å². The lowest BCUT2D eigenvalue weighted by molar-refractivity contribution is -0.162. The number of aromatic amines is 1. The van der Waals surface area contributed by atoms with Gasteiger partial charge in [-0.2, -0.15) is 0 Å². The van der Waals surface area contributed by atoms with Crippen molar-refractivity contribution in [3.8, 4) is 11.5 Å². The van der Waals surface area contributed by atoms with E-state index in [2.05, 4.69) is 63.5 Å². The van der Waals surface area contributed by atoms with Crippen LogP contribution in [0.2, 0.25) is 5.02 Å². The molecule has 15 amide bonds. The van der Waals surface area contributed by atoms with Gasteiger partial charge < -0.3 is 118 Å². The molecule has 4 bridgehead atoms. The maximum Gasteiger partial charge on any atom is 0.409 e. The van der Waals surface area contributed by atoms with E-state index in [-0.39, 0.29) is 118 Å². The number of aromatic nitrogens is 1. The maximum atomic E-state index is 15.2. The van der Waals surface area contributed by atoms with Crippen molar-refractivity contribution in [1.29, 1.82) is 0 Å². The van der Waals surface area contributed by atoms with Crippen molar-refractivity contribution in [2.45, 2.75) is 246 Å². The summed E-state index contributed by atoms with van der Waals surface area (Å²) in [4.78, 5) is 222. The van der Waals surface area contributed by atoms with Gasteiger partial charge in [0.05, 0.1) is 42.8 Å². The molecule has 1 aromatic heterocycles. The van der Waals surface area contributed by atoms with Crippen LogP contribution in [-0.4, -0.2) is 304 Å². The number of nitrogens with one attached hydrogen (secondary N) is 12. The number of amides is 15. The lowest BCUT2D eigenvalue weighted by Crippen LogP contribution is -2.63. The van der Waals surface area contributed by atoms with Crippen LogP contribution >= 0.6 is 45.0 Å². The fourth-order valence-electron chi connectivity index (χ4n) is 16.9. The number of likely N-dealkylation sites (N-methyl/N-ethyl adjacent to an activating group) is 1. The van der Waals surface area contributed by atoms with E-state index in [9.17, 15) is 78.0 Å². The van der Waals surface area contributed by atoms with Crippen molar-refractivity contribution < 1.29 is 116 Å². The average molecular weight is 2020 g/mol. The number of likely N-dealkylation sites (tertiary alicyclic amines) is 1. The number of para-hydroxylation sites is 1. The number of aromatic hydroxyl groups is 1. The molecular weight excluding hydrogens is 1890 g/mol. The Morgan fingerprint density at radius 2 is 1.46 bits per heavy atom. The second-order valence-corrected chi connectivity index (χ2v) is 40.0. The summed E-state index contributed by atoms with van der Waals surface area (Å²) >= 11 is 7.97. The number of nitrogens with zero attached hydrogens (tertiary/aromatic N) is 3. The quantitative estimate of drug-likeness (QED) is 0.00923. The van der Waals surface area contributed by atoms with Crippen molar-refractivity contribution >= 4 is 151 Å². The van der Waals surface area contributed by atoms with Gasteiger partial charge in [0.1, 0.15) is 94.8 Å². The van der Waals surface area contributed by atoms with Crippen molar-refractivity contribution in [3.63, 3.8) is 0 Å². The standard InChI is InChI=1S/C96H129ClN16O24S3/c1-12-99-93(130)107-66(41-57-25-15-13-16-26-57)85(122)105-68-50-139-140-51-69(106-90(127)81(56(6)115)109-83(120)64(29-19-20-36-98)102-86(123)67(45-60-49-101-63-28-18-17-27-62(60)63)104-84(121)65(103-87(68)124)42-58-31-33-61(116)34-32-58)88(125)108-80(55(5)114)89(126)100-37-21-14-22-38-113-78(119)46-73(91(113)128)138-39-35-76(117)111(8)54(4)92(129)136-75-47-77(118)112(9)70-43-59(44-71(133-10)79(70)97)40-52(2)24-23-30-74(134-11)96(132)48-72(135-94(131)110-96)53(3)82-95(75,7)137-82/h13,15-18,23-28,30-34,43-44,49,53-56,64-69,72-75,80-82,101,114-116,132H,12,14,19-22,29,35-42,45-48,50-51,98H2,1-11H3,(H,100,126)(H,102,123)(H,103,124)(H,104,121)(H,105,122)(H,106,127)(H,108,125)(H,109,120)(H,110,131)(H2,99,107,130)/b30-23+,52-24+/t53-,54+,55-,56-,64+,65+,66-,67-,68+,69+,72+,73?,74-,75+,80+,81?,82+,95+,96+/m1/s1. The number of anilines is 1. The molecule has 140 heavy (non-hydrogen) atoms. The minimum Gasteiger partial charge on any atom is -0.508 e. The lowest BCUT2D eigenvalue weighted by Gasteiger charge is -2.42. The van der Waals surface area contributed by atoms with Crippen LogP contribution in [0.15, 0.2) is 121 Å². The Hall–Kier alpha value is -11.6. The third-order valence-corrected chi connectivity index (χ3v) is 29.2. The number of urea groups is 1. The molecule has 4 saturated heterocycles. The van der Waals surface area contributed by atoms with E-state index in [1.54, 1.807) is 106 Å². The molecular formula is C96H129ClN16O24S3. The smallest absolute Gasteiger partial charge is 0.409 e. The van der Waals surface area contributed by atoms with E-state index in [1.807, 2.05) is 13.0 Å². The van der Waals surface area contributed by atoms with E-state index >= 15 is 14.4 Å². The molecule has 19 atom stereocenters. The van der Waals surface area contributed by atoms with Crippen molar-refractivity contribution in [2.24, 2.45) is 11.7 Å². The lowest BCUT2D eigenvalue weighted by atomic mass is 9.83. The summed E-state index contributed by atoms with van der Waals surface area (Å²) in [6.07, 6.45) is -1.41. The molecule has 4 aromatic carbocycles. The fraction of sp³-hybridized carbons (Fsp3) is 0.531. The van der Waals surface area contributed by atoms with Gasteiger partial charge in [0, 0.05) is 120 Å². The van der Waals surface area contributed by atoms with Gasteiger partial charge in [-0.05, 0) is 146 Å². The van der Waals surface area contributed by atoms with Gasteiger partial charge in [-0.15, -0.1) is 11.8 Å². The van der Waals surface area contributed by atoms with E-state index in [4.69, 9.17) is 41.0 Å². The number of phenols is 1. The highest BCUT2D eigenvalue weighted by Gasteiger charge is 2.65. The second kappa shape index (κ2) is 51.7. The number of benzene rings is 4. The average Bonchev–Trinajstić information content (AvgIpc) is 1.57. The van der Waals surface area contributed by atoms with Gasteiger partial charge in [0.25, 0.3) is 0 Å². The third kappa shape index (κ3) is 30.0. The number of carbonyl (C=O) groups excluding carboxylic acids is 15. The molecule has 0 aliphatic carbocycles. The highest BCUT2D eigenvalue weighted by Crippen LogP contribution is 2.50. The highest BCUT2D eigenvalue weighted by atomic mass is 35.5. The number of ether oxygens (including phenoxy) is 5. The van der Waals surface area contributed by atoms with Crippen molar-refractivity contribution in [1.82, 2.24) is 73.3 Å². The summed E-state index contributed by atoms with van der Waals surface area (Å²) < 4.78 is 29.6. The second-order valence-electron chi connectivity index (χ2n) is 35.7. The molecule has 44 heteroatoms. The number of imide groups is 1. The van der Waals surface area contributed by atoms with Crippen molar-refractivity contribution in [2.75, 3.05) is 76.7 Å². The molecule has 0 radical (unpaired) electrons. The van der Waals surface area contributed by atoms with Crippen LogP contribution in [0.1, 0.15) is 135 Å². The molecule has 18 N–H and O–H groups in total. The van der Waals surface area contributed by atoms with Gasteiger partial charge in [-0.3, -0.25) is 67.8 Å². The van der Waals surface area contributed by atoms with E-state index in [1.165, 1.54) is 78.3 Å². The predicted octanol–water partition coefficient (Wildman–Crippen LogP) is 3.33. The van der Waals surface area contributed by atoms with E-state index in [0.717, 1.165) is 54.3 Å². The number of halogens is 1. The summed E-state index contributed by atoms with van der Waals surface area (Å²) in [5.74, 6) is -11.9. The number of nitrogens with two attached hydrogens (primary N) is 1. The fourth-order valence-corrected chi connectivity index (χ4v) is 20.6. The molecule has 0 spiro atoms. The summed E-state index contributed by atoms with van der Waals surface area (Å²) in [7, 11) is 7.49. The molecule has 4 fully saturated rings. The Morgan fingerprint density at radius 1 is 0.779 bits per heavy atom. The van der Waals surface area contributed by atoms with Gasteiger partial charge in [-0.25, -0.2) is 14.4 Å². The largest absolute Gasteiger partial charge is 0.508 e. The summed E-state index contributed by atoms with van der Waals surface area (Å²) in [6.45, 7) is 11.1. The third-order valence-electron chi connectivity index (χ3n) is 25.2. The normalized spacial score (nSPS) is 25.9. The number of H-pyrrole nitrogens is 1. The minimum atomic E-state index is -1.95. The summed E-state index contributed by atoms with van der Waals surface area (Å²) in [6, 6.07) is 10.3. The van der Waals surface area contributed by atoms with Crippen LogP contribution in [0.25, 0.3) is 10.9 Å². The van der Waals surface area contributed by atoms with Crippen LogP contribution in [0.3, 0.4) is 0 Å². The van der Waals surface area contributed by atoms with E-state index in [0.29, 0.717) is 52.5 Å². The first-order valence-electron chi connectivity index (χ1n) is 46.6. The zero-order chi connectivity index (χ0) is 102. The highest BCUT2D eigenvalue weighted by molar-refractivity contribution is 8.76. The maximum absolute atomic E-state index is 15.2. The number of unbranched alkanes of at least 4 members (excludes halogenated alkanes) is 3. The van der Waals surface area contributed by atoms with Gasteiger partial charge in [0.2, 0.25) is 70.9 Å². The zero-order valence-electron chi connectivity index (χ0n) is 80.1. The van der Waals surface area contributed by atoms with Crippen LogP contribution in [0.5, 0.6) is 11.5 Å². The number of alkyl carbamates (subject to hydrolysis) is 1. The van der Waals surface area contributed by atoms with Crippen LogP contribution in [0, 0.1) is 5.92 Å². The number of carbonyl (C=O) groups is 15. The first kappa shape index (κ1) is 110. The number of methoxy groups -OCH3 is 2. The molecule has 5 aromatic rings. The predicted molar refractivity (Wildman–Crippen MR) is 525 cm³/mol. The van der Waals surface area contributed by atoms with E-state index < -0.39 is 215 Å². The van der Waals surface area contributed by atoms with Crippen molar-refractivity contribution in [3.05, 3.63) is 148 Å². The molecule has 5 aliphatic heterocycles. The number of rotatable bonds is 34. The number of esters is 1. The Kier molecular flexibility index (Phi) is 40.8. The Morgan fingerprint density at radius 3 is 2.16 bits per heavy atom. The molecule has 2 unspecified atom stereocenters. The zero-order valence-corrected chi connectivity index (χ0v) is 83.3. The number of hydrogen-bond donors (Lipinski definition) is 17. The van der Waals surface area contributed by atoms with Crippen LogP contribution in [-0.2, 0) is 107 Å². The molecule has 10 rings (SSSR count). The summed E-state index contributed by atoms with van der Waals surface area (Å²) in [5.41, 5.74) is 6.70. The minimum absolute atomic E-state index is 0.00417. The number of aliphatic hydroxyl groups is 3. The number of thioether (sulfide) groups is 1. The van der Waals surface area contributed by atoms with Gasteiger partial charge in [-0.1, -0.05) is 125 Å². The first-order valence-corrected chi connectivity index (χ1v) is 50.5. The number of hydrogen-bond acceptors (Lipinski definition) is 28. The first-order chi connectivity index (χ1) is 66.7. The van der Waals surface area contributed by atoms with Crippen LogP contribution in [0.4, 0.5) is 15.3 Å². The molecule has 40 nitrogen and oxygen atoms in total. The molecule has 762 valence electrons. The van der Waals surface area contributed by atoms with Crippen LogP contribution < -0.4 is 73.9 Å². The number of aliphatic hydroxyl groups excluding tert-OH is 2. The molecule has 0 saturated carbocycles. The monoisotopic (exact) mass is 2020 g/mol. The summed E-state index contributed by atoms with van der Waals surface area (Å²) in [5, 5.41) is 74.0. The molecule has 6 heterocycles. The van der Waals surface area contributed by atoms with Gasteiger partial charge >= 0.3 is 18.1 Å².